The molecular weight excluding hydrogens is 344 g/mol. The van der Waals surface area contributed by atoms with Gasteiger partial charge in [-0.1, -0.05) is 6.07 Å². The Kier molecular flexibility index (Phi) is 3.22. The Balaban J connectivity index is 2.00. The molecule has 2 heterocycles. The van der Waals surface area contributed by atoms with Gasteiger partial charge in [-0.15, -0.1) is 0 Å². The number of para-hydroxylation sites is 1. The van der Waals surface area contributed by atoms with Crippen molar-refractivity contribution in [3.63, 3.8) is 0 Å². The number of hydrogen-bond acceptors (Lipinski definition) is 2. The summed E-state index contributed by atoms with van der Waals surface area (Å²) in [6, 6.07) is 7.94. The largest absolute Gasteiger partial charge is 0.364 e. The van der Waals surface area contributed by atoms with Crippen LogP contribution in [0.3, 0.4) is 0 Å². The molecule has 2 bridgehead atoms. The minimum Gasteiger partial charge on any atom is -0.364 e. The number of halogens is 2. The molecule has 2 aliphatic heterocycles. The monoisotopic (exact) mass is 358 g/mol. The fraction of sp³-hybridized carbons (Fsp3) is 0.538. The van der Waals surface area contributed by atoms with Crippen molar-refractivity contribution < 1.29 is 0 Å². The maximum Gasteiger partial charge on any atom is 0.0660 e. The molecule has 4 heteroatoms. The van der Waals surface area contributed by atoms with Crippen LogP contribution in [0.2, 0.25) is 0 Å². The Morgan fingerprint density at radius 1 is 1.06 bits per heavy atom. The molecule has 0 saturated carbocycles. The first kappa shape index (κ1) is 12.0. The second-order valence-electron chi connectivity index (χ2n) is 5.09. The number of nitrogens with two attached hydrogens (primary N) is 1. The second-order valence-corrected chi connectivity index (χ2v) is 6.80. The lowest BCUT2D eigenvalue weighted by Crippen LogP contribution is -2.47. The van der Waals surface area contributed by atoms with Gasteiger partial charge in [0, 0.05) is 27.1 Å². The maximum atomic E-state index is 6.12. The zero-order valence-electron chi connectivity index (χ0n) is 9.57. The fourth-order valence-electron chi connectivity index (χ4n) is 3.32. The van der Waals surface area contributed by atoms with Crippen LogP contribution in [0, 0.1) is 0 Å². The zero-order valence-corrected chi connectivity index (χ0v) is 12.7. The van der Waals surface area contributed by atoms with Crippen LogP contribution in [0.5, 0.6) is 0 Å². The van der Waals surface area contributed by atoms with Crippen molar-refractivity contribution in [3.05, 3.63) is 27.1 Å². The molecule has 2 unspecified atom stereocenters. The average molecular weight is 360 g/mol. The molecule has 2 saturated heterocycles. The molecule has 0 aromatic heterocycles. The number of anilines is 1. The van der Waals surface area contributed by atoms with E-state index in [9.17, 15) is 0 Å². The van der Waals surface area contributed by atoms with Gasteiger partial charge in [0.2, 0.25) is 0 Å². The third-order valence-corrected chi connectivity index (χ3v) is 5.25. The normalized spacial score (nSPS) is 31.9. The minimum atomic E-state index is 0.394. The van der Waals surface area contributed by atoms with Gasteiger partial charge in [-0.05, 0) is 69.7 Å². The lowest BCUT2D eigenvalue weighted by Gasteiger charge is -2.40. The highest BCUT2D eigenvalue weighted by Gasteiger charge is 2.40. The third kappa shape index (κ3) is 2.04. The van der Waals surface area contributed by atoms with Crippen LogP contribution in [0.25, 0.3) is 0 Å². The Hall–Kier alpha value is -0.0600. The molecule has 2 fully saturated rings. The van der Waals surface area contributed by atoms with E-state index in [-0.39, 0.29) is 0 Å². The molecule has 3 rings (SSSR count). The number of rotatable bonds is 1. The SMILES string of the molecule is NC1CC2CCC(C1)N2c1c(Br)cccc1Br. The van der Waals surface area contributed by atoms with Crippen molar-refractivity contribution in [1.82, 2.24) is 0 Å². The van der Waals surface area contributed by atoms with E-state index in [1.807, 2.05) is 0 Å². The average Bonchev–Trinajstić information content (AvgIpc) is 2.54. The number of hydrogen-bond donors (Lipinski definition) is 1. The topological polar surface area (TPSA) is 29.3 Å². The number of fused-ring (bicyclic) bond motifs is 2. The van der Waals surface area contributed by atoms with E-state index >= 15 is 0 Å². The summed E-state index contributed by atoms with van der Waals surface area (Å²) in [5, 5.41) is 0. The molecule has 0 radical (unpaired) electrons. The van der Waals surface area contributed by atoms with Gasteiger partial charge in [0.05, 0.1) is 5.69 Å². The van der Waals surface area contributed by atoms with E-state index in [0.717, 1.165) is 12.8 Å². The van der Waals surface area contributed by atoms with Gasteiger partial charge < -0.3 is 10.6 Å². The van der Waals surface area contributed by atoms with E-state index in [0.29, 0.717) is 18.1 Å². The maximum absolute atomic E-state index is 6.12. The van der Waals surface area contributed by atoms with Gasteiger partial charge in [-0.3, -0.25) is 0 Å². The highest BCUT2D eigenvalue weighted by molar-refractivity contribution is 9.11. The number of piperidine rings is 1. The standard InChI is InChI=1S/C13H16Br2N2/c14-11-2-1-3-12(15)13(11)17-9-4-5-10(17)7-8(16)6-9/h1-3,8-10H,4-7,16H2. The molecule has 2 N–H and O–H groups in total. The van der Waals surface area contributed by atoms with Crippen LogP contribution in [-0.4, -0.2) is 18.1 Å². The highest BCUT2D eigenvalue weighted by atomic mass is 79.9. The summed E-state index contributed by atoms with van der Waals surface area (Å²) < 4.78 is 2.36. The fourth-order valence-corrected chi connectivity index (χ4v) is 4.73. The van der Waals surface area contributed by atoms with Crippen LogP contribution in [-0.2, 0) is 0 Å². The van der Waals surface area contributed by atoms with Crippen molar-refractivity contribution >= 4 is 37.5 Å². The van der Waals surface area contributed by atoms with E-state index in [1.54, 1.807) is 0 Å². The molecule has 0 aliphatic carbocycles. The van der Waals surface area contributed by atoms with Crippen LogP contribution >= 0.6 is 31.9 Å². The van der Waals surface area contributed by atoms with Crippen LogP contribution < -0.4 is 10.6 Å². The summed E-state index contributed by atoms with van der Waals surface area (Å²) >= 11 is 7.36. The van der Waals surface area contributed by atoms with Crippen LogP contribution in [0.15, 0.2) is 27.1 Å². The van der Waals surface area contributed by atoms with Crippen LogP contribution in [0.1, 0.15) is 25.7 Å². The molecule has 1 aromatic carbocycles. The lowest BCUT2D eigenvalue weighted by atomic mass is 9.97. The van der Waals surface area contributed by atoms with Gasteiger partial charge in [-0.25, -0.2) is 0 Å². The van der Waals surface area contributed by atoms with E-state index in [2.05, 4.69) is 55.0 Å². The molecular formula is C13H16Br2N2. The second kappa shape index (κ2) is 4.56. The minimum absolute atomic E-state index is 0.394. The van der Waals surface area contributed by atoms with E-state index < -0.39 is 0 Å². The first-order chi connectivity index (χ1) is 8.16. The smallest absolute Gasteiger partial charge is 0.0660 e. The summed E-state index contributed by atoms with van der Waals surface area (Å²) in [6.07, 6.45) is 4.83. The summed E-state index contributed by atoms with van der Waals surface area (Å²) in [6.45, 7) is 0. The Labute approximate surface area is 119 Å². The van der Waals surface area contributed by atoms with Gasteiger partial charge in [-0.2, -0.15) is 0 Å². The zero-order chi connectivity index (χ0) is 12.0. The number of nitrogens with zero attached hydrogens (tertiary/aromatic N) is 1. The van der Waals surface area contributed by atoms with Crippen molar-refractivity contribution in [2.75, 3.05) is 4.90 Å². The van der Waals surface area contributed by atoms with Gasteiger partial charge in [0.25, 0.3) is 0 Å². The first-order valence-corrected chi connectivity index (χ1v) is 7.73. The van der Waals surface area contributed by atoms with Crippen molar-refractivity contribution in [2.24, 2.45) is 5.73 Å². The molecule has 1 aromatic rings. The summed E-state index contributed by atoms with van der Waals surface area (Å²) in [7, 11) is 0. The molecule has 0 amide bonds. The van der Waals surface area contributed by atoms with Crippen molar-refractivity contribution in [1.29, 1.82) is 0 Å². The van der Waals surface area contributed by atoms with Crippen molar-refractivity contribution in [2.45, 2.75) is 43.8 Å². The van der Waals surface area contributed by atoms with Gasteiger partial charge in [0.1, 0.15) is 0 Å². The number of benzene rings is 1. The van der Waals surface area contributed by atoms with Gasteiger partial charge in [0.15, 0.2) is 0 Å². The van der Waals surface area contributed by atoms with Gasteiger partial charge >= 0.3 is 0 Å². The summed E-state index contributed by atoms with van der Waals surface area (Å²) in [4.78, 5) is 2.58. The first-order valence-electron chi connectivity index (χ1n) is 6.14. The summed E-state index contributed by atoms with van der Waals surface area (Å²) in [5.41, 5.74) is 7.43. The highest BCUT2D eigenvalue weighted by Crippen LogP contribution is 2.44. The third-order valence-electron chi connectivity index (χ3n) is 3.97. The molecule has 0 spiro atoms. The molecule has 2 atom stereocenters. The predicted molar refractivity (Wildman–Crippen MR) is 78.3 cm³/mol. The Morgan fingerprint density at radius 2 is 1.59 bits per heavy atom. The molecule has 92 valence electrons. The molecule has 17 heavy (non-hydrogen) atoms. The van der Waals surface area contributed by atoms with E-state index in [4.69, 9.17) is 5.73 Å². The molecule has 2 aliphatic rings. The predicted octanol–water partition coefficient (Wildman–Crippen LogP) is 3.67. The van der Waals surface area contributed by atoms with Crippen LogP contribution in [0.4, 0.5) is 5.69 Å². The van der Waals surface area contributed by atoms with E-state index in [1.165, 1.54) is 27.5 Å². The molecule has 2 nitrogen and oxygen atoms in total. The Morgan fingerprint density at radius 3 is 2.12 bits per heavy atom. The summed E-state index contributed by atoms with van der Waals surface area (Å²) in [5.74, 6) is 0. The lowest BCUT2D eigenvalue weighted by molar-refractivity contribution is 0.414. The van der Waals surface area contributed by atoms with Crippen molar-refractivity contribution in [3.8, 4) is 0 Å². The quantitative estimate of drug-likeness (QED) is 0.828. The Bertz CT molecular complexity index is 401.